The third-order valence-corrected chi connectivity index (χ3v) is 5.09. The van der Waals surface area contributed by atoms with Crippen molar-refractivity contribution in [3.8, 4) is 0 Å². The second-order valence-corrected chi connectivity index (χ2v) is 6.62. The molecule has 6 N–H and O–H groups in total. The average molecular weight is 360 g/mol. The number of aliphatic hydroxyl groups excluding tert-OH is 4. The summed E-state index contributed by atoms with van der Waals surface area (Å²) in [6.45, 7) is -0.611. The summed E-state index contributed by atoms with van der Waals surface area (Å²) >= 11 is 0. The van der Waals surface area contributed by atoms with Crippen molar-refractivity contribution in [2.75, 3.05) is 6.61 Å². The minimum atomic E-state index is -1.96. The lowest BCUT2D eigenvalue weighted by Gasteiger charge is -2.45. The van der Waals surface area contributed by atoms with Crippen LogP contribution in [0.1, 0.15) is 11.7 Å². The Morgan fingerprint density at radius 3 is 2.54 bits per heavy atom. The Hall–Kier alpha value is -2.07. The Morgan fingerprint density at radius 1 is 1.04 bits per heavy atom. The van der Waals surface area contributed by atoms with Crippen molar-refractivity contribution in [3.05, 3.63) is 48.0 Å². The predicted molar refractivity (Wildman–Crippen MR) is 90.7 cm³/mol. The number of hydrogen-bond acceptors (Lipinski definition) is 7. The van der Waals surface area contributed by atoms with Crippen LogP contribution in [0.15, 0.2) is 42.5 Å². The highest BCUT2D eigenvalue weighted by molar-refractivity contribution is 5.91. The normalized spacial score (nSPS) is 37.2. The predicted octanol–water partition coefficient (Wildman–Crippen LogP) is -1.27. The zero-order valence-electron chi connectivity index (χ0n) is 13.7. The van der Waals surface area contributed by atoms with Crippen LogP contribution in [-0.2, 0) is 9.53 Å². The van der Waals surface area contributed by atoms with Gasteiger partial charge in [0, 0.05) is 0 Å². The quantitative estimate of drug-likeness (QED) is 0.394. The zero-order valence-corrected chi connectivity index (χ0v) is 13.7. The Morgan fingerprint density at radius 2 is 1.77 bits per heavy atom. The first-order valence-corrected chi connectivity index (χ1v) is 8.37. The van der Waals surface area contributed by atoms with Gasteiger partial charge in [0.05, 0.1) is 6.61 Å². The van der Waals surface area contributed by atoms with E-state index >= 15 is 0 Å². The molecule has 1 amide bonds. The summed E-state index contributed by atoms with van der Waals surface area (Å²) in [6, 6.07) is 13.3. The average Bonchev–Trinajstić information content (AvgIpc) is 2.99. The lowest BCUT2D eigenvalue weighted by molar-refractivity contribution is -0.270. The molecule has 2 aliphatic rings. The van der Waals surface area contributed by atoms with Crippen molar-refractivity contribution in [1.82, 2.24) is 10.6 Å². The van der Waals surface area contributed by atoms with Gasteiger partial charge in [0.15, 0.2) is 0 Å². The van der Waals surface area contributed by atoms with Gasteiger partial charge in [0.2, 0.25) is 5.72 Å². The van der Waals surface area contributed by atoms with E-state index in [1.54, 1.807) is 0 Å². The topological polar surface area (TPSA) is 131 Å². The van der Waals surface area contributed by atoms with Gasteiger partial charge in [-0.05, 0) is 16.3 Å². The number of aliphatic hydroxyl groups is 4. The molecule has 6 atom stereocenters. The molecule has 2 aromatic rings. The standard InChI is InChI=1S/C18H20N2O6/c21-8-12-13(22)14(23)15(24)18(26-12)17(25)19-16(20-18)11-7-3-5-9-4-1-2-6-10(9)11/h1-7,12-16,20-24H,8H2,(H,19,25)/t12-,13-,14+,15-,16?,18+/m1/s1. The maximum absolute atomic E-state index is 12.7. The summed E-state index contributed by atoms with van der Waals surface area (Å²) in [4.78, 5) is 12.7. The molecule has 2 saturated heterocycles. The van der Waals surface area contributed by atoms with Gasteiger partial charge in [-0.2, -0.15) is 0 Å². The summed E-state index contributed by atoms with van der Waals surface area (Å²) in [5.74, 6) is -0.674. The number of fused-ring (bicyclic) bond motifs is 1. The van der Waals surface area contributed by atoms with Gasteiger partial charge in [0.25, 0.3) is 5.91 Å². The first kappa shape index (κ1) is 17.3. The Bertz CT molecular complexity index is 838. The Labute approximate surface area is 149 Å². The SMILES string of the molecule is O=C1NC(c2cccc3ccccc23)N[C@@]12O[C@H](CO)[C@@H](O)[C@H](O)[C@H]2O. The van der Waals surface area contributed by atoms with Crippen LogP contribution in [0.5, 0.6) is 0 Å². The molecular formula is C18H20N2O6. The van der Waals surface area contributed by atoms with Gasteiger partial charge in [-0.15, -0.1) is 0 Å². The fourth-order valence-corrected chi connectivity index (χ4v) is 3.69. The van der Waals surface area contributed by atoms with Gasteiger partial charge < -0.3 is 30.5 Å². The van der Waals surface area contributed by atoms with Crippen LogP contribution in [-0.4, -0.2) is 63.1 Å². The molecule has 1 unspecified atom stereocenters. The maximum atomic E-state index is 12.7. The third kappa shape index (κ3) is 2.43. The molecule has 26 heavy (non-hydrogen) atoms. The molecule has 2 heterocycles. The van der Waals surface area contributed by atoms with Crippen molar-refractivity contribution in [2.45, 2.75) is 36.3 Å². The fraction of sp³-hybridized carbons (Fsp3) is 0.389. The maximum Gasteiger partial charge on any atom is 0.272 e. The minimum absolute atomic E-state index is 0.611. The van der Waals surface area contributed by atoms with E-state index in [-0.39, 0.29) is 0 Å². The number of carbonyl (C=O) groups is 1. The van der Waals surface area contributed by atoms with E-state index in [1.807, 2.05) is 42.5 Å². The molecule has 8 nitrogen and oxygen atoms in total. The number of ether oxygens (including phenoxy) is 1. The molecule has 0 radical (unpaired) electrons. The molecule has 138 valence electrons. The fourth-order valence-electron chi connectivity index (χ4n) is 3.69. The molecule has 0 aromatic heterocycles. The molecule has 8 heteroatoms. The largest absolute Gasteiger partial charge is 0.394 e. The van der Waals surface area contributed by atoms with Crippen LogP contribution in [0.2, 0.25) is 0 Å². The number of hydrogen-bond donors (Lipinski definition) is 6. The molecular weight excluding hydrogens is 340 g/mol. The molecule has 2 aromatic carbocycles. The lowest BCUT2D eigenvalue weighted by Crippen LogP contribution is -2.71. The first-order chi connectivity index (χ1) is 12.5. The van der Waals surface area contributed by atoms with Gasteiger partial charge in [-0.3, -0.25) is 10.1 Å². The highest BCUT2D eigenvalue weighted by Gasteiger charge is 2.61. The number of benzene rings is 2. The molecule has 0 aliphatic carbocycles. The molecule has 2 fully saturated rings. The highest BCUT2D eigenvalue weighted by atomic mass is 16.6. The van der Waals surface area contributed by atoms with E-state index in [0.717, 1.165) is 16.3 Å². The van der Waals surface area contributed by atoms with Crippen LogP contribution >= 0.6 is 0 Å². The summed E-state index contributed by atoms with van der Waals surface area (Å²) < 4.78 is 5.52. The highest BCUT2D eigenvalue weighted by Crippen LogP contribution is 2.35. The molecule has 4 rings (SSSR count). The van der Waals surface area contributed by atoms with Gasteiger partial charge in [-0.25, -0.2) is 0 Å². The number of nitrogens with one attached hydrogen (secondary N) is 2. The monoisotopic (exact) mass is 360 g/mol. The smallest absolute Gasteiger partial charge is 0.272 e. The molecule has 0 bridgehead atoms. The van der Waals surface area contributed by atoms with E-state index in [4.69, 9.17) is 4.74 Å². The second kappa shape index (κ2) is 6.27. The van der Waals surface area contributed by atoms with Crippen LogP contribution in [0.25, 0.3) is 10.8 Å². The third-order valence-electron chi connectivity index (χ3n) is 5.09. The number of rotatable bonds is 2. The van der Waals surface area contributed by atoms with Gasteiger partial charge in [-0.1, -0.05) is 42.5 Å². The number of carbonyl (C=O) groups excluding carboxylic acids is 1. The van der Waals surface area contributed by atoms with Crippen molar-refractivity contribution < 1.29 is 30.0 Å². The van der Waals surface area contributed by atoms with Gasteiger partial charge >= 0.3 is 0 Å². The second-order valence-electron chi connectivity index (χ2n) is 6.62. The number of amides is 1. The van der Waals surface area contributed by atoms with Crippen molar-refractivity contribution in [1.29, 1.82) is 0 Å². The van der Waals surface area contributed by atoms with E-state index < -0.39 is 48.8 Å². The van der Waals surface area contributed by atoms with Crippen molar-refractivity contribution >= 4 is 16.7 Å². The summed E-state index contributed by atoms with van der Waals surface area (Å²) in [5.41, 5.74) is -1.20. The van der Waals surface area contributed by atoms with Crippen molar-refractivity contribution in [2.24, 2.45) is 0 Å². The summed E-state index contributed by atoms with van der Waals surface area (Å²) in [6.07, 6.45) is -6.75. The summed E-state index contributed by atoms with van der Waals surface area (Å²) in [7, 11) is 0. The van der Waals surface area contributed by atoms with Crippen LogP contribution in [0.3, 0.4) is 0 Å². The zero-order chi connectivity index (χ0) is 18.5. The van der Waals surface area contributed by atoms with E-state index in [0.29, 0.717) is 0 Å². The van der Waals surface area contributed by atoms with E-state index in [9.17, 15) is 25.2 Å². The molecule has 0 saturated carbocycles. The van der Waals surface area contributed by atoms with Crippen LogP contribution < -0.4 is 10.6 Å². The molecule has 2 aliphatic heterocycles. The van der Waals surface area contributed by atoms with Crippen molar-refractivity contribution in [3.63, 3.8) is 0 Å². The first-order valence-electron chi connectivity index (χ1n) is 8.37. The molecule has 1 spiro atoms. The summed E-state index contributed by atoms with van der Waals surface area (Å²) in [5, 5.41) is 47.4. The minimum Gasteiger partial charge on any atom is -0.394 e. The Kier molecular flexibility index (Phi) is 4.19. The van der Waals surface area contributed by atoms with E-state index in [1.165, 1.54) is 0 Å². The van der Waals surface area contributed by atoms with E-state index in [2.05, 4.69) is 10.6 Å². The lowest BCUT2D eigenvalue weighted by atomic mass is 9.90. The van der Waals surface area contributed by atoms with Crippen LogP contribution in [0.4, 0.5) is 0 Å². The van der Waals surface area contributed by atoms with Crippen LogP contribution in [0, 0.1) is 0 Å². The van der Waals surface area contributed by atoms with Gasteiger partial charge in [0.1, 0.15) is 30.6 Å². The Balaban J connectivity index is 1.72.